The minimum absolute atomic E-state index is 0. The van der Waals surface area contributed by atoms with Crippen LogP contribution in [0.3, 0.4) is 0 Å². The van der Waals surface area contributed by atoms with E-state index in [1.54, 1.807) is 48.5 Å². The molecule has 2 saturated heterocycles. The number of likely N-dealkylation sites (N-methyl/N-ethyl adjacent to an activating group) is 2. The molecule has 4 aliphatic heterocycles. The summed E-state index contributed by atoms with van der Waals surface area (Å²) in [7, 11) is 4.08. The zero-order valence-corrected chi connectivity index (χ0v) is 39.4. The van der Waals surface area contributed by atoms with Crippen LogP contribution in [0.1, 0.15) is 46.6 Å². The first kappa shape index (κ1) is 47.8. The van der Waals surface area contributed by atoms with Gasteiger partial charge in [0.2, 0.25) is 0 Å². The number of hydrogen-bond donors (Lipinski definition) is 0. The number of aromatic nitrogens is 2. The van der Waals surface area contributed by atoms with Gasteiger partial charge in [0, 0.05) is 96.7 Å². The Kier molecular flexibility index (Phi) is 13.9. The predicted molar refractivity (Wildman–Crippen MR) is 246 cm³/mol. The van der Waals surface area contributed by atoms with Gasteiger partial charge in [0.05, 0.1) is 57.1 Å². The van der Waals surface area contributed by atoms with Gasteiger partial charge in [-0.1, -0.05) is 23.2 Å². The Labute approximate surface area is 405 Å². The van der Waals surface area contributed by atoms with Gasteiger partial charge >= 0.3 is 17.1 Å². The number of benzene rings is 4. The van der Waals surface area contributed by atoms with Gasteiger partial charge in [0.25, 0.3) is 0 Å². The molecule has 0 saturated carbocycles. The molecule has 2 aromatic heterocycles. The smallest absolute Gasteiger partial charge is 0.545 e. The summed E-state index contributed by atoms with van der Waals surface area (Å²) in [6.45, 7) is 10.4. The minimum Gasteiger partial charge on any atom is -0.545 e. The van der Waals surface area contributed by atoms with Gasteiger partial charge in [-0.15, -0.1) is 0 Å². The van der Waals surface area contributed by atoms with Gasteiger partial charge in [-0.25, -0.2) is 18.8 Å². The summed E-state index contributed by atoms with van der Waals surface area (Å²) in [6.07, 6.45) is 3.05. The van der Waals surface area contributed by atoms with Crippen molar-refractivity contribution in [1.29, 1.82) is 0 Å². The zero-order valence-electron chi connectivity index (χ0n) is 37.0. The molecule has 0 N–H and O–H groups in total. The van der Waals surface area contributed by atoms with Crippen LogP contribution in [0, 0.1) is 11.6 Å². The molecule has 0 bridgehead atoms. The van der Waals surface area contributed by atoms with Crippen molar-refractivity contribution in [3.8, 4) is 11.5 Å². The molecule has 4 aliphatic rings. The Morgan fingerprint density at radius 2 is 0.955 bits per heavy atom. The second-order valence-electron chi connectivity index (χ2n) is 17.1. The van der Waals surface area contributed by atoms with Crippen molar-refractivity contribution in [2.75, 3.05) is 89.5 Å². The quantitative estimate of drug-likeness (QED) is 0.197. The maximum Gasteiger partial charge on any atom is 2.00 e. The molecule has 1 radical (unpaired) electrons. The molecule has 0 amide bonds. The van der Waals surface area contributed by atoms with Crippen LogP contribution in [0.5, 0.6) is 11.5 Å². The van der Waals surface area contributed by atoms with Crippen LogP contribution >= 0.6 is 23.2 Å². The number of rotatable bonds is 6. The average molecular weight is 1000 g/mol. The first-order valence-corrected chi connectivity index (χ1v) is 22.4. The first-order chi connectivity index (χ1) is 31.7. The van der Waals surface area contributed by atoms with E-state index in [4.69, 9.17) is 32.7 Å². The van der Waals surface area contributed by atoms with Crippen molar-refractivity contribution in [2.45, 2.75) is 25.9 Å². The Balaban J connectivity index is 0.000000179. The maximum absolute atomic E-state index is 15.6. The van der Waals surface area contributed by atoms with Crippen molar-refractivity contribution in [3.05, 3.63) is 117 Å². The number of nitrogens with zero attached hydrogens (tertiary/aromatic N) is 8. The third-order valence-electron chi connectivity index (χ3n) is 12.5. The molecule has 0 aliphatic carbocycles. The number of piperazine rings is 2. The van der Waals surface area contributed by atoms with Gasteiger partial charge in [0.1, 0.15) is 24.6 Å². The van der Waals surface area contributed by atoms with Crippen LogP contribution in [0.15, 0.2) is 83.0 Å². The monoisotopic (exact) mass is 1000 g/mol. The summed E-state index contributed by atoms with van der Waals surface area (Å²) < 4.78 is 47.1. The number of carbonyl (C=O) groups excluding carboxylic acids is 2. The zero-order chi connectivity index (χ0) is 46.6. The molecule has 4 aromatic carbocycles. The van der Waals surface area contributed by atoms with E-state index >= 15 is 8.78 Å². The van der Waals surface area contributed by atoms with E-state index in [2.05, 4.69) is 19.8 Å². The van der Waals surface area contributed by atoms with E-state index in [0.29, 0.717) is 105 Å². The van der Waals surface area contributed by atoms with E-state index in [1.165, 1.54) is 24.5 Å². The molecular formula is C48H46Cl2CuF2N8O6. The Morgan fingerprint density at radius 1 is 0.612 bits per heavy atom. The van der Waals surface area contributed by atoms with E-state index in [-0.39, 0.29) is 51.0 Å². The number of anilines is 2. The predicted octanol–water partition coefficient (Wildman–Crippen LogP) is 5.47. The molecule has 0 spiro atoms. The van der Waals surface area contributed by atoms with Crippen LogP contribution in [0.2, 0.25) is 10.0 Å². The SMILES string of the molecule is CC1COc2c(N3CCN(C)CC3)c(F)cc3c(=Nc4ccc(Cl)cc4)c(C(=O)[O-])cn1c23.CC1COc2c(N3CCN(C)CC3)c(F)cc3c(=Nc4ccc(Cl)cc4)c(C(=O)[O-])cn1c23.[Cu+2]. The third-order valence-corrected chi connectivity index (χ3v) is 13.0. The van der Waals surface area contributed by atoms with Crippen LogP contribution in [-0.2, 0) is 17.1 Å². The van der Waals surface area contributed by atoms with E-state index in [1.807, 2.05) is 46.9 Å². The standard InChI is InChI=1S/2C24H24ClFN4O3.Cu/c2*1-14-13-33-23-21-17(11-19(26)22(23)29-9-7-28(2)8-10-29)20(18(24(31)32)12-30(14)21)27-16-5-3-15(25)4-6-16;/h2*3-6,11-12,14H,7-10,13H2,1-2H3,(H,31,32);/q;;+2/p-2. The van der Waals surface area contributed by atoms with Crippen LogP contribution in [0.4, 0.5) is 31.5 Å². The number of carbonyl (C=O) groups is 2. The third kappa shape index (κ3) is 9.33. The molecule has 67 heavy (non-hydrogen) atoms. The van der Waals surface area contributed by atoms with Gasteiger partial charge in [0.15, 0.2) is 23.1 Å². The molecular weight excluding hydrogens is 957 g/mol. The molecule has 353 valence electrons. The molecule has 19 heteroatoms. The van der Waals surface area contributed by atoms with E-state index in [0.717, 1.165) is 26.2 Å². The number of carboxylic acid groups (broad SMARTS) is 2. The van der Waals surface area contributed by atoms with Crippen molar-refractivity contribution in [2.24, 2.45) is 9.98 Å². The van der Waals surface area contributed by atoms with Crippen molar-refractivity contribution < 1.29 is 55.1 Å². The molecule has 6 heterocycles. The van der Waals surface area contributed by atoms with Crippen LogP contribution in [-0.4, -0.2) is 111 Å². The molecule has 2 unspecified atom stereocenters. The van der Waals surface area contributed by atoms with Gasteiger partial charge in [-0.3, -0.25) is 0 Å². The number of pyridine rings is 2. The fourth-order valence-electron chi connectivity index (χ4n) is 8.92. The summed E-state index contributed by atoms with van der Waals surface area (Å²) in [5, 5.41) is 26.2. The molecule has 2 fully saturated rings. The first-order valence-electron chi connectivity index (χ1n) is 21.6. The Bertz CT molecular complexity index is 2840. The number of hydrogen-bond acceptors (Lipinski definition) is 12. The summed E-state index contributed by atoms with van der Waals surface area (Å²) in [5.41, 5.74) is 2.86. The van der Waals surface area contributed by atoms with Gasteiger partial charge < -0.3 is 58.0 Å². The number of carboxylic acids is 2. The minimum atomic E-state index is -1.38. The normalized spacial score (nSPS) is 18.8. The number of halogens is 4. The molecule has 10 rings (SSSR count). The maximum atomic E-state index is 15.6. The van der Waals surface area contributed by atoms with Gasteiger partial charge in [-0.05, 0) is 88.6 Å². The summed E-state index contributed by atoms with van der Waals surface area (Å²) >= 11 is 11.9. The fraction of sp³-hybridized carbons (Fsp3) is 0.333. The van der Waals surface area contributed by atoms with Crippen molar-refractivity contribution >= 4 is 79.7 Å². The summed E-state index contributed by atoms with van der Waals surface area (Å²) in [5.74, 6) is -2.85. The second kappa shape index (κ2) is 19.5. The average Bonchev–Trinajstić information content (AvgIpc) is 3.29. The molecule has 6 aromatic rings. The van der Waals surface area contributed by atoms with Crippen LogP contribution < -0.4 is 40.2 Å². The number of aromatic carboxylic acids is 2. The number of ether oxygens (including phenoxy) is 2. The Morgan fingerprint density at radius 3 is 1.28 bits per heavy atom. The molecule has 2 atom stereocenters. The van der Waals surface area contributed by atoms with E-state index in [9.17, 15) is 19.8 Å². The fourth-order valence-corrected chi connectivity index (χ4v) is 9.17. The van der Waals surface area contributed by atoms with E-state index < -0.39 is 23.6 Å². The second-order valence-corrected chi connectivity index (χ2v) is 18.0. The van der Waals surface area contributed by atoms with Crippen LogP contribution in [0.25, 0.3) is 21.8 Å². The topological polar surface area (TPSA) is 146 Å². The van der Waals surface area contributed by atoms with Crippen molar-refractivity contribution in [3.63, 3.8) is 0 Å². The van der Waals surface area contributed by atoms with Crippen molar-refractivity contribution in [1.82, 2.24) is 18.9 Å². The molecule has 14 nitrogen and oxygen atoms in total. The largest absolute Gasteiger partial charge is 2.00 e. The van der Waals surface area contributed by atoms with Gasteiger partial charge in [-0.2, -0.15) is 0 Å². The summed E-state index contributed by atoms with van der Waals surface area (Å²) in [6, 6.07) is 15.8. The Hall–Kier alpha value is -5.68. The summed E-state index contributed by atoms with van der Waals surface area (Å²) in [4.78, 5) is 41.6.